The number of aromatic hydroxyl groups is 1. The zero-order chi connectivity index (χ0) is 22.6. The molecule has 1 N–H and O–H groups in total. The number of piperazine rings is 1. The Morgan fingerprint density at radius 2 is 1.79 bits per heavy atom. The number of hydrogen-bond acceptors (Lipinski definition) is 7. The Hall–Kier alpha value is -2.94. The van der Waals surface area contributed by atoms with Gasteiger partial charge in [-0.2, -0.15) is 0 Å². The fourth-order valence-corrected chi connectivity index (χ4v) is 5.62. The van der Waals surface area contributed by atoms with Gasteiger partial charge in [-0.05, 0) is 49.2 Å². The Balaban J connectivity index is 1.22. The van der Waals surface area contributed by atoms with Gasteiger partial charge in [0.1, 0.15) is 5.75 Å². The second-order valence-electron chi connectivity index (χ2n) is 8.62. The molecule has 3 aromatic rings. The Bertz CT molecular complexity index is 1050. The van der Waals surface area contributed by atoms with Crippen molar-refractivity contribution >= 4 is 23.4 Å². The molecule has 2 fully saturated rings. The van der Waals surface area contributed by atoms with Crippen molar-refractivity contribution in [3.05, 3.63) is 42.7 Å². The van der Waals surface area contributed by atoms with Crippen molar-refractivity contribution in [3.8, 4) is 17.3 Å². The van der Waals surface area contributed by atoms with Gasteiger partial charge in [-0.25, -0.2) is 0 Å². The summed E-state index contributed by atoms with van der Waals surface area (Å²) in [5.41, 5.74) is 1.07. The molecule has 2 aromatic heterocycles. The molecule has 1 saturated heterocycles. The predicted molar refractivity (Wildman–Crippen MR) is 127 cm³/mol. The molecular weight excluding hydrogens is 438 g/mol. The smallest absolute Gasteiger partial charge is 0.233 e. The quantitative estimate of drug-likeness (QED) is 0.544. The summed E-state index contributed by atoms with van der Waals surface area (Å²) < 4.78 is 7.81. The average molecular weight is 468 g/mol. The van der Waals surface area contributed by atoms with Crippen LogP contribution in [0.3, 0.4) is 0 Å². The summed E-state index contributed by atoms with van der Waals surface area (Å²) in [5.74, 6) is 2.22. The number of benzene rings is 1. The highest BCUT2D eigenvalue weighted by atomic mass is 32.2. The van der Waals surface area contributed by atoms with E-state index < -0.39 is 0 Å². The second kappa shape index (κ2) is 9.91. The van der Waals surface area contributed by atoms with Crippen molar-refractivity contribution in [1.29, 1.82) is 0 Å². The van der Waals surface area contributed by atoms with Crippen LogP contribution in [0.1, 0.15) is 38.1 Å². The number of phenolic OH excluding ortho intramolecular Hbond substituents is 1. The van der Waals surface area contributed by atoms with Crippen LogP contribution in [0.25, 0.3) is 11.6 Å². The summed E-state index contributed by atoms with van der Waals surface area (Å²) in [6.07, 6.45) is 7.54. The van der Waals surface area contributed by atoms with Crippen LogP contribution in [0, 0.1) is 0 Å². The topological polar surface area (TPSA) is 87.6 Å². The predicted octanol–water partition coefficient (Wildman–Crippen LogP) is 4.19. The molecule has 0 radical (unpaired) electrons. The second-order valence-corrected chi connectivity index (χ2v) is 9.56. The number of hydrogen-bond donors (Lipinski definition) is 1. The van der Waals surface area contributed by atoms with Crippen LogP contribution in [-0.2, 0) is 4.79 Å². The normalized spacial score (nSPS) is 17.5. The minimum atomic E-state index is 0.128. The largest absolute Gasteiger partial charge is 0.508 e. The molecule has 33 heavy (non-hydrogen) atoms. The number of nitrogens with zero attached hydrogens (tertiary/aromatic N) is 5. The Morgan fingerprint density at radius 3 is 2.48 bits per heavy atom. The van der Waals surface area contributed by atoms with Crippen molar-refractivity contribution < 1.29 is 14.3 Å². The maximum absolute atomic E-state index is 13.0. The van der Waals surface area contributed by atoms with Gasteiger partial charge in [-0.3, -0.25) is 9.36 Å². The molecule has 174 valence electrons. The first kappa shape index (κ1) is 21.9. The van der Waals surface area contributed by atoms with Gasteiger partial charge in [-0.1, -0.05) is 31.0 Å². The molecule has 5 rings (SSSR count). The number of rotatable bonds is 6. The minimum absolute atomic E-state index is 0.128. The number of carbonyl (C=O) groups excluding carboxylic acids is 1. The molecule has 1 aromatic carbocycles. The molecule has 8 nitrogen and oxygen atoms in total. The van der Waals surface area contributed by atoms with E-state index in [-0.39, 0.29) is 11.7 Å². The van der Waals surface area contributed by atoms with E-state index in [9.17, 15) is 9.90 Å². The van der Waals surface area contributed by atoms with Crippen LogP contribution in [-0.4, -0.2) is 62.6 Å². The Labute approximate surface area is 197 Å². The monoisotopic (exact) mass is 467 g/mol. The Morgan fingerprint density at radius 1 is 1.03 bits per heavy atom. The number of anilines is 1. The first-order chi connectivity index (χ1) is 16.2. The Kier molecular flexibility index (Phi) is 6.57. The van der Waals surface area contributed by atoms with Gasteiger partial charge in [0.15, 0.2) is 10.9 Å². The van der Waals surface area contributed by atoms with Gasteiger partial charge in [0.05, 0.1) is 12.0 Å². The van der Waals surface area contributed by atoms with Gasteiger partial charge in [0, 0.05) is 37.9 Å². The van der Waals surface area contributed by atoms with E-state index in [4.69, 9.17) is 4.42 Å². The van der Waals surface area contributed by atoms with Crippen LogP contribution in [0.4, 0.5) is 5.69 Å². The van der Waals surface area contributed by atoms with E-state index in [1.165, 1.54) is 31.0 Å². The van der Waals surface area contributed by atoms with Gasteiger partial charge in [0.2, 0.25) is 11.7 Å². The SMILES string of the molecule is O=C(CSc1nnc(-c2ccco2)n1C1CCCCC1)N1CCN(c2ccc(O)cc2)CC1. The number of aromatic nitrogens is 3. The number of amides is 1. The average Bonchev–Trinajstić information content (AvgIpc) is 3.54. The van der Waals surface area contributed by atoms with Crippen LogP contribution < -0.4 is 4.90 Å². The fourth-order valence-electron chi connectivity index (χ4n) is 4.71. The highest BCUT2D eigenvalue weighted by Gasteiger charge is 2.27. The van der Waals surface area contributed by atoms with Gasteiger partial charge >= 0.3 is 0 Å². The molecule has 1 aliphatic carbocycles. The standard InChI is InChI=1S/C24H29N5O3S/c30-20-10-8-18(9-11-20)27-12-14-28(15-13-27)22(31)17-33-24-26-25-23(21-7-4-16-32-21)29(24)19-5-2-1-3-6-19/h4,7-11,16,19,30H,1-3,5-6,12-15,17H2. The van der Waals surface area contributed by atoms with Gasteiger partial charge < -0.3 is 19.3 Å². The summed E-state index contributed by atoms with van der Waals surface area (Å²) in [7, 11) is 0. The number of thioether (sulfide) groups is 1. The lowest BCUT2D eigenvalue weighted by atomic mass is 9.95. The summed E-state index contributed by atoms with van der Waals surface area (Å²) >= 11 is 1.47. The van der Waals surface area contributed by atoms with E-state index in [2.05, 4.69) is 19.7 Å². The number of phenols is 1. The third-order valence-electron chi connectivity index (χ3n) is 6.52. The summed E-state index contributed by atoms with van der Waals surface area (Å²) in [6.45, 7) is 2.94. The maximum atomic E-state index is 13.0. The molecule has 2 aliphatic rings. The molecule has 1 saturated carbocycles. The first-order valence-corrected chi connectivity index (χ1v) is 12.6. The molecular formula is C24H29N5O3S. The molecule has 0 spiro atoms. The van der Waals surface area contributed by atoms with E-state index in [1.807, 2.05) is 29.2 Å². The molecule has 1 amide bonds. The van der Waals surface area contributed by atoms with Crippen LogP contribution >= 0.6 is 11.8 Å². The summed E-state index contributed by atoms with van der Waals surface area (Å²) in [6, 6.07) is 11.3. The lowest BCUT2D eigenvalue weighted by Crippen LogP contribution is -2.49. The zero-order valence-electron chi connectivity index (χ0n) is 18.6. The highest BCUT2D eigenvalue weighted by Crippen LogP contribution is 2.35. The first-order valence-electron chi connectivity index (χ1n) is 11.6. The van der Waals surface area contributed by atoms with Crippen molar-refractivity contribution in [3.63, 3.8) is 0 Å². The summed E-state index contributed by atoms with van der Waals surface area (Å²) in [5, 5.41) is 19.1. The van der Waals surface area contributed by atoms with Gasteiger partial charge in [-0.15, -0.1) is 10.2 Å². The molecule has 9 heteroatoms. The number of carbonyl (C=O) groups is 1. The number of furan rings is 1. The molecule has 3 heterocycles. The van der Waals surface area contributed by atoms with E-state index in [0.717, 1.165) is 48.4 Å². The highest BCUT2D eigenvalue weighted by molar-refractivity contribution is 7.99. The lowest BCUT2D eigenvalue weighted by molar-refractivity contribution is -0.128. The molecule has 0 unspecified atom stereocenters. The van der Waals surface area contributed by atoms with Crippen LogP contribution in [0.5, 0.6) is 5.75 Å². The van der Waals surface area contributed by atoms with E-state index in [0.29, 0.717) is 24.9 Å². The van der Waals surface area contributed by atoms with Gasteiger partial charge in [0.25, 0.3) is 0 Å². The lowest BCUT2D eigenvalue weighted by Gasteiger charge is -2.36. The molecule has 0 bridgehead atoms. The minimum Gasteiger partial charge on any atom is -0.508 e. The maximum Gasteiger partial charge on any atom is 0.233 e. The van der Waals surface area contributed by atoms with Crippen molar-refractivity contribution in [2.45, 2.75) is 43.3 Å². The summed E-state index contributed by atoms with van der Waals surface area (Å²) in [4.78, 5) is 17.1. The molecule has 1 aliphatic heterocycles. The van der Waals surface area contributed by atoms with Crippen LogP contribution in [0.2, 0.25) is 0 Å². The fraction of sp³-hybridized carbons (Fsp3) is 0.458. The zero-order valence-corrected chi connectivity index (χ0v) is 19.4. The third kappa shape index (κ3) is 4.88. The van der Waals surface area contributed by atoms with Crippen LogP contribution in [0.15, 0.2) is 52.2 Å². The van der Waals surface area contributed by atoms with Crippen molar-refractivity contribution in [2.75, 3.05) is 36.8 Å². The third-order valence-corrected chi connectivity index (χ3v) is 7.45. The molecule has 0 atom stereocenters. The van der Waals surface area contributed by atoms with E-state index in [1.54, 1.807) is 18.4 Å². The van der Waals surface area contributed by atoms with E-state index >= 15 is 0 Å². The van der Waals surface area contributed by atoms with Crippen molar-refractivity contribution in [2.24, 2.45) is 0 Å². The van der Waals surface area contributed by atoms with Crippen molar-refractivity contribution in [1.82, 2.24) is 19.7 Å².